The minimum Gasteiger partial charge on any atom is -0.347 e. The number of carbonyl (C=O) groups is 1. The van der Waals surface area contributed by atoms with Gasteiger partial charge in [-0.25, -0.2) is 9.28 Å². The SMILES string of the molecule is C/C(=C\CC(=O)[N+]1(CO)CCCCC1)Cc1ccccc1. The number of piperidine rings is 1. The molecular weight excluding hydrogens is 262 g/mol. The van der Waals surface area contributed by atoms with Crippen LogP contribution < -0.4 is 0 Å². The molecule has 2 rings (SSSR count). The molecule has 0 saturated carbocycles. The van der Waals surface area contributed by atoms with Crippen LogP contribution >= 0.6 is 0 Å². The summed E-state index contributed by atoms with van der Waals surface area (Å²) in [6.07, 6.45) is 6.60. The number of allylic oxidation sites excluding steroid dienone is 1. The molecule has 21 heavy (non-hydrogen) atoms. The van der Waals surface area contributed by atoms with E-state index >= 15 is 0 Å². The van der Waals surface area contributed by atoms with Gasteiger partial charge in [-0.15, -0.1) is 0 Å². The number of benzene rings is 1. The molecule has 0 unspecified atom stereocenters. The zero-order valence-electron chi connectivity index (χ0n) is 12.9. The lowest BCUT2D eigenvalue weighted by molar-refractivity contribution is -0.878. The summed E-state index contributed by atoms with van der Waals surface area (Å²) in [5.74, 6) is 0.157. The van der Waals surface area contributed by atoms with Crippen molar-refractivity contribution in [1.29, 1.82) is 0 Å². The van der Waals surface area contributed by atoms with E-state index in [1.54, 1.807) is 0 Å². The Morgan fingerprint density at radius 3 is 2.48 bits per heavy atom. The molecule has 1 amide bonds. The van der Waals surface area contributed by atoms with E-state index in [2.05, 4.69) is 19.1 Å². The van der Waals surface area contributed by atoms with Gasteiger partial charge in [0.15, 0.2) is 6.73 Å². The summed E-state index contributed by atoms with van der Waals surface area (Å²) < 4.78 is 0.259. The normalized spacial score (nSPS) is 18.5. The lowest BCUT2D eigenvalue weighted by Crippen LogP contribution is -2.56. The van der Waals surface area contributed by atoms with Gasteiger partial charge in [0.05, 0.1) is 19.5 Å². The minimum absolute atomic E-state index is 0.0512. The number of likely N-dealkylation sites (tertiary alicyclic amines) is 1. The molecule has 0 bridgehead atoms. The Balaban J connectivity index is 1.94. The summed E-state index contributed by atoms with van der Waals surface area (Å²) in [6.45, 7) is 3.60. The van der Waals surface area contributed by atoms with Gasteiger partial charge in [-0.05, 0) is 38.2 Å². The first-order valence-electron chi connectivity index (χ1n) is 7.86. The molecule has 3 nitrogen and oxygen atoms in total. The molecule has 1 saturated heterocycles. The summed E-state index contributed by atoms with van der Waals surface area (Å²) in [4.78, 5) is 12.5. The molecule has 1 heterocycles. The molecule has 1 fully saturated rings. The quantitative estimate of drug-likeness (QED) is 0.668. The summed E-state index contributed by atoms with van der Waals surface area (Å²) in [6, 6.07) is 10.3. The van der Waals surface area contributed by atoms with Crippen LogP contribution in [0.3, 0.4) is 0 Å². The van der Waals surface area contributed by atoms with Gasteiger partial charge in [0.1, 0.15) is 0 Å². The average molecular weight is 288 g/mol. The molecule has 114 valence electrons. The lowest BCUT2D eigenvalue weighted by Gasteiger charge is -2.36. The van der Waals surface area contributed by atoms with Crippen LogP contribution in [0, 0.1) is 0 Å². The minimum atomic E-state index is -0.0512. The first kappa shape index (κ1) is 15.9. The van der Waals surface area contributed by atoms with Crippen molar-refractivity contribution < 1.29 is 14.4 Å². The highest BCUT2D eigenvalue weighted by Gasteiger charge is 2.36. The third-order valence-corrected chi connectivity index (χ3v) is 4.42. The Kier molecular flexibility index (Phi) is 5.71. The number of hydrogen-bond donors (Lipinski definition) is 1. The molecule has 1 aromatic carbocycles. The van der Waals surface area contributed by atoms with Crippen LogP contribution in [0.5, 0.6) is 0 Å². The number of quaternary nitrogens is 1. The van der Waals surface area contributed by atoms with Crippen molar-refractivity contribution in [3.63, 3.8) is 0 Å². The van der Waals surface area contributed by atoms with Crippen LogP contribution in [0.2, 0.25) is 0 Å². The van der Waals surface area contributed by atoms with Crippen LogP contribution in [0.4, 0.5) is 0 Å². The van der Waals surface area contributed by atoms with Gasteiger partial charge in [-0.3, -0.25) is 0 Å². The summed E-state index contributed by atoms with van der Waals surface area (Å²) >= 11 is 0. The number of amides is 1. The molecule has 1 aromatic rings. The fraction of sp³-hybridized carbons (Fsp3) is 0.500. The fourth-order valence-electron chi connectivity index (χ4n) is 3.03. The van der Waals surface area contributed by atoms with E-state index < -0.39 is 0 Å². The Morgan fingerprint density at radius 1 is 1.19 bits per heavy atom. The highest BCUT2D eigenvalue weighted by atomic mass is 16.3. The molecular formula is C18H26NO2+. The van der Waals surface area contributed by atoms with Crippen molar-refractivity contribution in [1.82, 2.24) is 0 Å². The van der Waals surface area contributed by atoms with E-state index in [9.17, 15) is 9.90 Å². The number of carbonyl (C=O) groups excluding carboxylic acids is 1. The van der Waals surface area contributed by atoms with Crippen molar-refractivity contribution in [2.75, 3.05) is 19.8 Å². The number of aliphatic hydroxyl groups is 1. The van der Waals surface area contributed by atoms with Crippen LogP contribution in [-0.4, -0.2) is 35.3 Å². The lowest BCUT2D eigenvalue weighted by atomic mass is 10.0. The first-order valence-corrected chi connectivity index (χ1v) is 7.86. The Hall–Kier alpha value is -1.45. The summed E-state index contributed by atoms with van der Waals surface area (Å²) in [5, 5.41) is 9.64. The van der Waals surface area contributed by atoms with Gasteiger partial charge >= 0.3 is 5.91 Å². The molecule has 1 aliphatic heterocycles. The maximum Gasteiger partial charge on any atom is 0.319 e. The second-order valence-electron chi connectivity index (χ2n) is 6.11. The molecule has 0 atom stereocenters. The first-order chi connectivity index (χ1) is 10.2. The van der Waals surface area contributed by atoms with E-state index in [0.29, 0.717) is 6.42 Å². The Morgan fingerprint density at radius 2 is 1.86 bits per heavy atom. The summed E-state index contributed by atoms with van der Waals surface area (Å²) in [7, 11) is 0. The molecule has 0 radical (unpaired) electrons. The van der Waals surface area contributed by atoms with Crippen LogP contribution in [0.1, 0.15) is 38.2 Å². The second kappa shape index (κ2) is 7.53. The average Bonchev–Trinajstić information content (AvgIpc) is 2.54. The van der Waals surface area contributed by atoms with Gasteiger partial charge in [0, 0.05) is 0 Å². The van der Waals surface area contributed by atoms with Crippen molar-refractivity contribution >= 4 is 5.91 Å². The van der Waals surface area contributed by atoms with E-state index in [-0.39, 0.29) is 17.1 Å². The van der Waals surface area contributed by atoms with Gasteiger partial charge in [-0.2, -0.15) is 0 Å². The predicted octanol–water partition coefficient (Wildman–Crippen LogP) is 3.04. The monoisotopic (exact) mass is 288 g/mol. The maximum atomic E-state index is 12.5. The molecule has 3 heteroatoms. The maximum absolute atomic E-state index is 12.5. The van der Waals surface area contributed by atoms with Crippen molar-refractivity contribution in [3.05, 3.63) is 47.5 Å². The molecule has 1 aliphatic rings. The van der Waals surface area contributed by atoms with Crippen molar-refractivity contribution in [2.24, 2.45) is 0 Å². The second-order valence-corrected chi connectivity index (χ2v) is 6.11. The smallest absolute Gasteiger partial charge is 0.319 e. The zero-order valence-corrected chi connectivity index (χ0v) is 12.9. The highest BCUT2D eigenvalue weighted by molar-refractivity contribution is 5.71. The number of hydrogen-bond acceptors (Lipinski definition) is 2. The van der Waals surface area contributed by atoms with Gasteiger partial charge in [0.25, 0.3) is 0 Å². The molecule has 0 aromatic heterocycles. The number of aliphatic hydroxyl groups excluding tert-OH is 1. The van der Waals surface area contributed by atoms with Crippen molar-refractivity contribution in [2.45, 2.75) is 39.0 Å². The highest BCUT2D eigenvalue weighted by Crippen LogP contribution is 2.20. The Bertz CT molecular complexity index is 487. The van der Waals surface area contributed by atoms with Crippen LogP contribution in [0.15, 0.2) is 42.0 Å². The zero-order chi connectivity index (χ0) is 15.1. The molecule has 1 N–H and O–H groups in total. The van der Waals surface area contributed by atoms with Crippen molar-refractivity contribution in [3.8, 4) is 0 Å². The van der Waals surface area contributed by atoms with Gasteiger partial charge in [-0.1, -0.05) is 42.0 Å². The molecule has 0 spiro atoms. The largest absolute Gasteiger partial charge is 0.347 e. The van der Waals surface area contributed by atoms with E-state index in [4.69, 9.17) is 0 Å². The summed E-state index contributed by atoms with van der Waals surface area (Å²) in [5.41, 5.74) is 2.48. The third-order valence-electron chi connectivity index (χ3n) is 4.42. The van der Waals surface area contributed by atoms with E-state index in [1.807, 2.05) is 24.3 Å². The van der Waals surface area contributed by atoms with E-state index in [0.717, 1.165) is 32.4 Å². The van der Waals surface area contributed by atoms with Crippen LogP contribution in [0.25, 0.3) is 0 Å². The number of rotatable bonds is 5. The third kappa shape index (κ3) is 4.26. The Labute approximate surface area is 127 Å². The molecule has 0 aliphatic carbocycles. The van der Waals surface area contributed by atoms with E-state index in [1.165, 1.54) is 17.6 Å². The fourth-order valence-corrected chi connectivity index (χ4v) is 3.03. The number of nitrogens with zero attached hydrogens (tertiary/aromatic N) is 1. The van der Waals surface area contributed by atoms with Crippen LogP contribution in [-0.2, 0) is 11.2 Å². The predicted molar refractivity (Wildman–Crippen MR) is 84.5 cm³/mol. The topological polar surface area (TPSA) is 37.3 Å². The van der Waals surface area contributed by atoms with Gasteiger partial charge in [0.2, 0.25) is 0 Å². The van der Waals surface area contributed by atoms with Gasteiger partial charge < -0.3 is 5.11 Å². The standard InChI is InChI=1S/C18H26NO2/c1-16(14-17-8-4-2-5-9-17)10-11-18(21)19(15-20)12-6-3-7-13-19/h2,4-5,8-10,20H,3,6-7,11-15H2,1H3/q+1/b16-10+.